The van der Waals surface area contributed by atoms with E-state index in [1.807, 2.05) is 38.1 Å². The standard InChI is InChI=1S/C17H20N2O2/c1-11-9-15(12(2)19-18-11)16(20)10-13-7-8-21-17-6-4-3-5-14(13)17/h3-6,9,13,16,20H,7-8,10H2,1-2H3. The smallest absolute Gasteiger partial charge is 0.122 e. The molecule has 0 aliphatic carbocycles. The van der Waals surface area contributed by atoms with Crippen LogP contribution in [0.15, 0.2) is 30.3 Å². The van der Waals surface area contributed by atoms with E-state index in [9.17, 15) is 5.11 Å². The van der Waals surface area contributed by atoms with Gasteiger partial charge in [0.05, 0.1) is 24.1 Å². The number of fused-ring (bicyclic) bond motifs is 1. The van der Waals surface area contributed by atoms with Gasteiger partial charge in [-0.1, -0.05) is 18.2 Å². The van der Waals surface area contributed by atoms with Crippen molar-refractivity contribution < 1.29 is 9.84 Å². The number of aliphatic hydroxyl groups is 1. The molecule has 1 aliphatic rings. The molecule has 110 valence electrons. The molecule has 0 bridgehead atoms. The van der Waals surface area contributed by atoms with E-state index in [2.05, 4.69) is 16.3 Å². The van der Waals surface area contributed by atoms with Crippen LogP contribution in [0.5, 0.6) is 5.75 Å². The maximum absolute atomic E-state index is 10.6. The minimum absolute atomic E-state index is 0.317. The topological polar surface area (TPSA) is 55.2 Å². The Balaban J connectivity index is 1.82. The van der Waals surface area contributed by atoms with Crippen LogP contribution in [0, 0.1) is 13.8 Å². The van der Waals surface area contributed by atoms with Gasteiger partial charge in [-0.15, -0.1) is 0 Å². The molecule has 21 heavy (non-hydrogen) atoms. The number of hydrogen-bond acceptors (Lipinski definition) is 4. The van der Waals surface area contributed by atoms with Gasteiger partial charge in [0.2, 0.25) is 0 Å². The number of aromatic nitrogens is 2. The second-order valence-corrected chi connectivity index (χ2v) is 5.65. The number of ether oxygens (including phenoxy) is 1. The monoisotopic (exact) mass is 284 g/mol. The van der Waals surface area contributed by atoms with Crippen molar-refractivity contribution in [3.8, 4) is 5.75 Å². The van der Waals surface area contributed by atoms with Crippen molar-refractivity contribution in [3.05, 3.63) is 52.8 Å². The molecule has 4 heteroatoms. The second kappa shape index (κ2) is 5.82. The van der Waals surface area contributed by atoms with Crippen molar-refractivity contribution in [2.24, 2.45) is 0 Å². The Morgan fingerprint density at radius 3 is 2.95 bits per heavy atom. The molecule has 1 N–H and O–H groups in total. The van der Waals surface area contributed by atoms with Crippen LogP contribution in [-0.4, -0.2) is 21.9 Å². The van der Waals surface area contributed by atoms with Crippen LogP contribution in [0.2, 0.25) is 0 Å². The largest absolute Gasteiger partial charge is 0.493 e. The Bertz CT molecular complexity index is 642. The summed E-state index contributed by atoms with van der Waals surface area (Å²) in [6, 6.07) is 10.0. The lowest BCUT2D eigenvalue weighted by molar-refractivity contribution is 0.144. The summed E-state index contributed by atoms with van der Waals surface area (Å²) in [6.45, 7) is 4.50. The van der Waals surface area contributed by atoms with Crippen molar-refractivity contribution >= 4 is 0 Å². The minimum Gasteiger partial charge on any atom is -0.493 e. The molecular weight excluding hydrogens is 264 g/mol. The first-order valence-corrected chi connectivity index (χ1v) is 7.36. The molecule has 3 rings (SSSR count). The maximum atomic E-state index is 10.6. The molecule has 0 fully saturated rings. The van der Waals surface area contributed by atoms with E-state index in [0.29, 0.717) is 18.9 Å². The van der Waals surface area contributed by atoms with Gasteiger partial charge in [0.25, 0.3) is 0 Å². The van der Waals surface area contributed by atoms with Crippen LogP contribution in [-0.2, 0) is 0 Å². The molecular formula is C17H20N2O2. The first-order valence-electron chi connectivity index (χ1n) is 7.36. The molecule has 2 atom stereocenters. The summed E-state index contributed by atoms with van der Waals surface area (Å²) in [5, 5.41) is 18.7. The third kappa shape index (κ3) is 2.90. The Morgan fingerprint density at radius 1 is 1.29 bits per heavy atom. The van der Waals surface area contributed by atoms with Crippen molar-refractivity contribution in [1.29, 1.82) is 0 Å². The van der Waals surface area contributed by atoms with E-state index >= 15 is 0 Å². The SMILES string of the molecule is Cc1cc(C(O)CC2CCOc3ccccc32)c(C)nn1. The highest BCUT2D eigenvalue weighted by molar-refractivity contribution is 5.38. The summed E-state index contributed by atoms with van der Waals surface area (Å²) in [6.07, 6.45) is 1.10. The van der Waals surface area contributed by atoms with E-state index in [1.54, 1.807) is 0 Å². The van der Waals surface area contributed by atoms with Crippen molar-refractivity contribution in [1.82, 2.24) is 10.2 Å². The number of benzene rings is 1. The lowest BCUT2D eigenvalue weighted by Crippen LogP contribution is -2.17. The zero-order valence-electron chi connectivity index (χ0n) is 12.4. The lowest BCUT2D eigenvalue weighted by Gasteiger charge is -2.27. The van der Waals surface area contributed by atoms with E-state index in [4.69, 9.17) is 4.74 Å². The quantitative estimate of drug-likeness (QED) is 0.941. The summed E-state index contributed by atoms with van der Waals surface area (Å²) >= 11 is 0. The highest BCUT2D eigenvalue weighted by atomic mass is 16.5. The number of rotatable bonds is 3. The van der Waals surface area contributed by atoms with Gasteiger partial charge < -0.3 is 9.84 Å². The third-order valence-corrected chi connectivity index (χ3v) is 4.09. The third-order valence-electron chi connectivity index (χ3n) is 4.09. The van der Waals surface area contributed by atoms with Gasteiger partial charge in [0.15, 0.2) is 0 Å². The Morgan fingerprint density at radius 2 is 2.10 bits per heavy atom. The maximum Gasteiger partial charge on any atom is 0.122 e. The average molecular weight is 284 g/mol. The second-order valence-electron chi connectivity index (χ2n) is 5.65. The minimum atomic E-state index is -0.518. The molecule has 0 radical (unpaired) electrons. The molecule has 0 saturated carbocycles. The predicted molar refractivity (Wildman–Crippen MR) is 80.4 cm³/mol. The molecule has 4 nitrogen and oxygen atoms in total. The van der Waals surface area contributed by atoms with Gasteiger partial charge in [-0.3, -0.25) is 0 Å². The van der Waals surface area contributed by atoms with Crippen LogP contribution >= 0.6 is 0 Å². The van der Waals surface area contributed by atoms with Gasteiger partial charge >= 0.3 is 0 Å². The van der Waals surface area contributed by atoms with E-state index < -0.39 is 6.10 Å². The van der Waals surface area contributed by atoms with Gasteiger partial charge in [0.1, 0.15) is 5.75 Å². The number of aliphatic hydroxyl groups excluding tert-OH is 1. The summed E-state index contributed by atoms with van der Waals surface area (Å²) in [5.74, 6) is 1.26. The lowest BCUT2D eigenvalue weighted by atomic mass is 9.86. The molecule has 0 spiro atoms. The fourth-order valence-corrected chi connectivity index (χ4v) is 2.96. The predicted octanol–water partition coefficient (Wildman–Crippen LogP) is 3.08. The molecule has 0 amide bonds. The Labute approximate surface area is 124 Å². The number of para-hydroxylation sites is 1. The zero-order valence-corrected chi connectivity index (χ0v) is 12.4. The van der Waals surface area contributed by atoms with Crippen LogP contribution in [0.1, 0.15) is 47.4 Å². The fraction of sp³-hybridized carbons (Fsp3) is 0.412. The molecule has 2 aromatic rings. The number of nitrogens with zero attached hydrogens (tertiary/aromatic N) is 2. The van der Waals surface area contributed by atoms with Crippen molar-refractivity contribution in [2.45, 2.75) is 38.7 Å². The molecule has 0 saturated heterocycles. The van der Waals surface area contributed by atoms with Crippen LogP contribution in [0.4, 0.5) is 0 Å². The summed E-state index contributed by atoms with van der Waals surface area (Å²) < 4.78 is 5.68. The number of aryl methyl sites for hydroxylation is 2. The van der Waals surface area contributed by atoms with E-state index in [-0.39, 0.29) is 0 Å². The molecule has 1 aromatic heterocycles. The first-order chi connectivity index (χ1) is 10.1. The molecule has 1 aromatic carbocycles. The van der Waals surface area contributed by atoms with E-state index in [0.717, 1.165) is 29.1 Å². The summed E-state index contributed by atoms with van der Waals surface area (Å²) in [7, 11) is 0. The van der Waals surface area contributed by atoms with Crippen LogP contribution < -0.4 is 4.74 Å². The average Bonchev–Trinajstić information content (AvgIpc) is 2.50. The molecule has 2 unspecified atom stereocenters. The van der Waals surface area contributed by atoms with Gasteiger partial charge in [-0.05, 0) is 50.3 Å². The van der Waals surface area contributed by atoms with E-state index in [1.165, 1.54) is 5.56 Å². The summed E-state index contributed by atoms with van der Waals surface area (Å²) in [4.78, 5) is 0. The Hall–Kier alpha value is -1.94. The molecule has 2 heterocycles. The van der Waals surface area contributed by atoms with Crippen molar-refractivity contribution in [2.75, 3.05) is 6.61 Å². The van der Waals surface area contributed by atoms with Gasteiger partial charge in [-0.2, -0.15) is 10.2 Å². The number of hydrogen-bond donors (Lipinski definition) is 1. The van der Waals surface area contributed by atoms with Crippen LogP contribution in [0.3, 0.4) is 0 Å². The van der Waals surface area contributed by atoms with Crippen LogP contribution in [0.25, 0.3) is 0 Å². The fourth-order valence-electron chi connectivity index (χ4n) is 2.96. The Kier molecular flexibility index (Phi) is 3.88. The van der Waals surface area contributed by atoms with Gasteiger partial charge in [-0.25, -0.2) is 0 Å². The first kappa shape index (κ1) is 14.0. The van der Waals surface area contributed by atoms with Crippen molar-refractivity contribution in [3.63, 3.8) is 0 Å². The van der Waals surface area contributed by atoms with Gasteiger partial charge in [0, 0.05) is 5.56 Å². The molecule has 1 aliphatic heterocycles. The zero-order chi connectivity index (χ0) is 14.8. The summed E-state index contributed by atoms with van der Waals surface area (Å²) in [5.41, 5.74) is 3.71. The normalized spacial score (nSPS) is 18.7. The highest BCUT2D eigenvalue weighted by Crippen LogP contribution is 2.39. The highest BCUT2D eigenvalue weighted by Gasteiger charge is 2.25.